The first-order valence-electron chi connectivity index (χ1n) is 10.3. The number of aromatic nitrogens is 4. The van der Waals surface area contributed by atoms with Gasteiger partial charge in [0.15, 0.2) is 0 Å². The first kappa shape index (κ1) is 23.1. The summed E-state index contributed by atoms with van der Waals surface area (Å²) in [5.41, 5.74) is 2.34. The summed E-state index contributed by atoms with van der Waals surface area (Å²) in [4.78, 5) is 20.7. The Morgan fingerprint density at radius 3 is 2.38 bits per heavy atom. The number of anilines is 2. The maximum Gasteiger partial charge on any atom is 0.273 e. The van der Waals surface area contributed by atoms with Crippen molar-refractivity contribution < 1.29 is 17.9 Å². The molecule has 4 rings (SSSR count). The molecule has 174 valence electrons. The van der Waals surface area contributed by atoms with Gasteiger partial charge in [0, 0.05) is 30.8 Å². The van der Waals surface area contributed by atoms with E-state index in [1.54, 1.807) is 23.9 Å². The summed E-state index contributed by atoms with van der Waals surface area (Å²) in [6, 6.07) is 18.6. The van der Waals surface area contributed by atoms with Crippen LogP contribution in [0.2, 0.25) is 0 Å². The van der Waals surface area contributed by atoms with E-state index in [0.29, 0.717) is 30.2 Å². The minimum Gasteiger partial charge on any atom is -0.383 e. The highest BCUT2D eigenvalue weighted by Gasteiger charge is 2.18. The lowest BCUT2D eigenvalue weighted by molar-refractivity contribution is 0.101. The molecule has 0 unspecified atom stereocenters. The molecule has 0 saturated carbocycles. The number of methoxy groups -OCH3 is 1. The van der Waals surface area contributed by atoms with Gasteiger partial charge in [-0.15, -0.1) is 0 Å². The minimum atomic E-state index is -3.87. The van der Waals surface area contributed by atoms with Crippen molar-refractivity contribution in [1.29, 1.82) is 0 Å². The molecule has 2 aromatic carbocycles. The largest absolute Gasteiger partial charge is 0.383 e. The van der Waals surface area contributed by atoms with Gasteiger partial charge >= 0.3 is 0 Å². The van der Waals surface area contributed by atoms with Gasteiger partial charge in [0.25, 0.3) is 15.9 Å². The molecule has 0 bridgehead atoms. The van der Waals surface area contributed by atoms with Gasteiger partial charge in [0.1, 0.15) is 5.69 Å². The average Bonchev–Trinajstić information content (AvgIpc) is 3.28. The Kier molecular flexibility index (Phi) is 6.95. The SMILES string of the molecule is COCCn1nc(-c2ccccc2)cc1C(=O)Nc1ccc(S(=O)(=O)Nc2ncccn2)cc1. The zero-order valence-corrected chi connectivity index (χ0v) is 19.1. The van der Waals surface area contributed by atoms with Crippen molar-refractivity contribution in [1.82, 2.24) is 19.7 Å². The lowest BCUT2D eigenvalue weighted by Gasteiger charge is -2.09. The summed E-state index contributed by atoms with van der Waals surface area (Å²) in [7, 11) is -2.29. The lowest BCUT2D eigenvalue weighted by Crippen LogP contribution is -2.19. The topological polar surface area (TPSA) is 128 Å². The van der Waals surface area contributed by atoms with E-state index in [4.69, 9.17) is 4.74 Å². The Balaban J connectivity index is 1.52. The molecule has 2 N–H and O–H groups in total. The van der Waals surface area contributed by atoms with E-state index in [2.05, 4.69) is 25.1 Å². The molecule has 0 saturated heterocycles. The molecule has 0 aliphatic carbocycles. The van der Waals surface area contributed by atoms with Gasteiger partial charge in [0.2, 0.25) is 5.95 Å². The number of nitrogens with one attached hydrogen (secondary N) is 2. The van der Waals surface area contributed by atoms with Crippen LogP contribution in [0.3, 0.4) is 0 Å². The van der Waals surface area contributed by atoms with Gasteiger partial charge < -0.3 is 10.1 Å². The highest BCUT2D eigenvalue weighted by Crippen LogP contribution is 2.21. The smallest absolute Gasteiger partial charge is 0.273 e. The van der Waals surface area contributed by atoms with Crippen LogP contribution in [-0.4, -0.2) is 47.8 Å². The van der Waals surface area contributed by atoms with E-state index in [9.17, 15) is 13.2 Å². The van der Waals surface area contributed by atoms with Crippen LogP contribution in [-0.2, 0) is 21.3 Å². The number of amides is 1. The van der Waals surface area contributed by atoms with Gasteiger partial charge in [-0.2, -0.15) is 5.10 Å². The monoisotopic (exact) mass is 478 g/mol. The molecule has 0 radical (unpaired) electrons. The van der Waals surface area contributed by atoms with Crippen LogP contribution in [0.25, 0.3) is 11.3 Å². The van der Waals surface area contributed by atoms with Crippen molar-refractivity contribution in [3.05, 3.63) is 84.8 Å². The van der Waals surface area contributed by atoms with E-state index in [-0.39, 0.29) is 16.8 Å². The van der Waals surface area contributed by atoms with Crippen LogP contribution in [0.1, 0.15) is 10.5 Å². The Hall–Kier alpha value is -4.09. The molecule has 0 aliphatic rings. The van der Waals surface area contributed by atoms with E-state index in [1.807, 2.05) is 30.3 Å². The molecule has 0 atom stereocenters. The number of hydrogen-bond acceptors (Lipinski definition) is 7. The quantitative estimate of drug-likeness (QED) is 0.378. The molecule has 0 spiro atoms. The molecule has 0 aliphatic heterocycles. The van der Waals surface area contributed by atoms with Crippen LogP contribution in [0.5, 0.6) is 0 Å². The molecule has 1 amide bonds. The lowest BCUT2D eigenvalue weighted by atomic mass is 10.1. The molecule has 2 aromatic heterocycles. The zero-order valence-electron chi connectivity index (χ0n) is 18.2. The molecule has 4 aromatic rings. The average molecular weight is 479 g/mol. The zero-order chi connectivity index (χ0) is 24.0. The van der Waals surface area contributed by atoms with Crippen LogP contribution < -0.4 is 10.0 Å². The Morgan fingerprint density at radius 2 is 1.71 bits per heavy atom. The van der Waals surface area contributed by atoms with Crippen LogP contribution in [0, 0.1) is 0 Å². The van der Waals surface area contributed by atoms with Crippen molar-refractivity contribution in [2.75, 3.05) is 23.8 Å². The first-order chi connectivity index (χ1) is 16.5. The Bertz CT molecular complexity index is 1360. The van der Waals surface area contributed by atoms with E-state index in [0.717, 1.165) is 5.56 Å². The fourth-order valence-electron chi connectivity index (χ4n) is 3.14. The van der Waals surface area contributed by atoms with Crippen molar-refractivity contribution >= 4 is 27.6 Å². The number of benzene rings is 2. The van der Waals surface area contributed by atoms with Gasteiger partial charge in [-0.1, -0.05) is 30.3 Å². The predicted octanol–water partition coefficient (Wildman–Crippen LogP) is 3.04. The summed E-state index contributed by atoms with van der Waals surface area (Å²) in [6.07, 6.45) is 2.87. The van der Waals surface area contributed by atoms with Gasteiger partial charge in [-0.3, -0.25) is 9.48 Å². The fourth-order valence-corrected chi connectivity index (χ4v) is 4.10. The van der Waals surface area contributed by atoms with Crippen LogP contribution in [0.4, 0.5) is 11.6 Å². The number of ether oxygens (including phenoxy) is 1. The number of hydrogen-bond donors (Lipinski definition) is 2. The molecule has 34 heavy (non-hydrogen) atoms. The third kappa shape index (κ3) is 5.45. The second-order valence-corrected chi connectivity index (χ2v) is 8.84. The predicted molar refractivity (Wildman–Crippen MR) is 127 cm³/mol. The van der Waals surface area contributed by atoms with E-state index in [1.165, 1.54) is 36.7 Å². The normalized spacial score (nSPS) is 11.2. The van der Waals surface area contributed by atoms with Gasteiger partial charge in [0.05, 0.1) is 23.7 Å². The molecule has 0 fully saturated rings. The number of carbonyl (C=O) groups excluding carboxylic acids is 1. The van der Waals surface area contributed by atoms with Crippen LogP contribution >= 0.6 is 0 Å². The van der Waals surface area contributed by atoms with Crippen molar-refractivity contribution in [3.63, 3.8) is 0 Å². The molecular weight excluding hydrogens is 456 g/mol. The standard InChI is InChI=1S/C23H22N6O4S/c1-33-15-14-29-21(16-20(27-29)17-6-3-2-4-7-17)22(30)26-18-8-10-19(11-9-18)34(31,32)28-23-24-12-5-13-25-23/h2-13,16H,14-15H2,1H3,(H,26,30)(H,24,25,28). The molecule has 11 heteroatoms. The second-order valence-electron chi connectivity index (χ2n) is 7.15. The minimum absolute atomic E-state index is 0.00875. The summed E-state index contributed by atoms with van der Waals surface area (Å²) in [5.74, 6) is -0.407. The first-order valence-corrected chi connectivity index (χ1v) is 11.8. The van der Waals surface area contributed by atoms with Crippen LogP contribution in [0.15, 0.2) is 84.0 Å². The Labute approximate surface area is 196 Å². The summed E-state index contributed by atoms with van der Waals surface area (Å²) in [6.45, 7) is 0.789. The van der Waals surface area contributed by atoms with Crippen molar-refractivity contribution in [2.24, 2.45) is 0 Å². The number of carbonyl (C=O) groups is 1. The van der Waals surface area contributed by atoms with Crippen molar-refractivity contribution in [3.8, 4) is 11.3 Å². The summed E-state index contributed by atoms with van der Waals surface area (Å²) >= 11 is 0. The van der Waals surface area contributed by atoms with E-state index < -0.39 is 10.0 Å². The molecular formula is C23H22N6O4S. The van der Waals surface area contributed by atoms with Gasteiger partial charge in [-0.05, 0) is 36.4 Å². The molecule has 2 heterocycles. The fraction of sp³-hybridized carbons (Fsp3) is 0.130. The third-order valence-corrected chi connectivity index (χ3v) is 6.15. The summed E-state index contributed by atoms with van der Waals surface area (Å²) < 4.78 is 34.1. The number of nitrogens with zero attached hydrogens (tertiary/aromatic N) is 4. The number of sulfonamides is 1. The maximum absolute atomic E-state index is 13.0. The Morgan fingerprint density at radius 1 is 1.00 bits per heavy atom. The highest BCUT2D eigenvalue weighted by molar-refractivity contribution is 7.92. The molecule has 10 nitrogen and oxygen atoms in total. The number of rotatable bonds is 9. The second kappa shape index (κ2) is 10.2. The van der Waals surface area contributed by atoms with Crippen molar-refractivity contribution in [2.45, 2.75) is 11.4 Å². The van der Waals surface area contributed by atoms with Gasteiger partial charge in [-0.25, -0.2) is 23.1 Å². The summed E-state index contributed by atoms with van der Waals surface area (Å²) in [5, 5.41) is 7.33. The maximum atomic E-state index is 13.0. The highest BCUT2D eigenvalue weighted by atomic mass is 32.2. The third-order valence-electron chi connectivity index (χ3n) is 4.80. The van der Waals surface area contributed by atoms with E-state index >= 15 is 0 Å².